The van der Waals surface area contributed by atoms with Crippen LogP contribution in [0.4, 0.5) is 8.78 Å². The molecular formula is C15H16F2N2S. The molecule has 1 aliphatic carbocycles. The van der Waals surface area contributed by atoms with E-state index in [0.717, 1.165) is 25.3 Å². The average molecular weight is 294 g/mol. The highest BCUT2D eigenvalue weighted by molar-refractivity contribution is 7.71. The highest BCUT2D eigenvalue weighted by Gasteiger charge is 2.12. The van der Waals surface area contributed by atoms with Crippen LogP contribution in [0, 0.1) is 16.4 Å². The van der Waals surface area contributed by atoms with Crippen LogP contribution >= 0.6 is 12.2 Å². The van der Waals surface area contributed by atoms with E-state index in [1.165, 1.54) is 24.5 Å². The van der Waals surface area contributed by atoms with Gasteiger partial charge in [-0.1, -0.05) is 11.6 Å². The molecule has 20 heavy (non-hydrogen) atoms. The van der Waals surface area contributed by atoms with Gasteiger partial charge < -0.3 is 9.55 Å². The first-order valence-corrected chi connectivity index (χ1v) is 7.31. The Bertz CT molecular complexity index is 727. The molecule has 0 fully saturated rings. The van der Waals surface area contributed by atoms with E-state index >= 15 is 0 Å². The Morgan fingerprint density at radius 3 is 2.85 bits per heavy atom. The summed E-state index contributed by atoms with van der Waals surface area (Å²) in [6.07, 6.45) is 7.92. The molecule has 1 heterocycles. The summed E-state index contributed by atoms with van der Waals surface area (Å²) in [5.74, 6) is -1.17. The normalized spacial score (nSPS) is 15.6. The maximum absolute atomic E-state index is 13.7. The summed E-state index contributed by atoms with van der Waals surface area (Å²) in [4.78, 5) is 2.83. The van der Waals surface area contributed by atoms with Gasteiger partial charge in [-0.25, -0.2) is 8.78 Å². The average Bonchev–Trinajstić information content (AvgIpc) is 2.74. The first kappa shape index (κ1) is 13.5. The molecule has 3 rings (SSSR count). The van der Waals surface area contributed by atoms with E-state index in [-0.39, 0.29) is 5.52 Å². The van der Waals surface area contributed by atoms with Crippen LogP contribution in [0.3, 0.4) is 0 Å². The standard InChI is InChI=1S/C15H16F2N2S/c16-11-8-12(17)14-13(9-11)19(15(20)18-14)7-6-10-4-2-1-3-5-10/h4,8-9H,1-3,5-7H2,(H,18,20). The predicted octanol–water partition coefficient (Wildman–Crippen LogP) is 4.87. The lowest BCUT2D eigenvalue weighted by Crippen LogP contribution is -2.02. The molecule has 0 unspecified atom stereocenters. The second kappa shape index (κ2) is 5.48. The summed E-state index contributed by atoms with van der Waals surface area (Å²) in [5, 5.41) is 0. The number of fused-ring (bicyclic) bond motifs is 1. The summed E-state index contributed by atoms with van der Waals surface area (Å²) in [6.45, 7) is 0.660. The van der Waals surface area contributed by atoms with Gasteiger partial charge in [0.1, 0.15) is 11.3 Å². The summed E-state index contributed by atoms with van der Waals surface area (Å²) in [6, 6.07) is 2.21. The molecular weight excluding hydrogens is 278 g/mol. The summed E-state index contributed by atoms with van der Waals surface area (Å²) in [5.41, 5.74) is 2.21. The molecule has 1 aromatic heterocycles. The molecule has 0 bridgehead atoms. The van der Waals surface area contributed by atoms with Gasteiger partial charge in [-0.3, -0.25) is 0 Å². The van der Waals surface area contributed by atoms with Crippen molar-refractivity contribution in [1.29, 1.82) is 0 Å². The Hall–Kier alpha value is -1.49. The molecule has 0 spiro atoms. The van der Waals surface area contributed by atoms with Gasteiger partial charge in [0.25, 0.3) is 0 Å². The number of aryl methyl sites for hydroxylation is 1. The van der Waals surface area contributed by atoms with Crippen molar-refractivity contribution in [3.8, 4) is 0 Å². The molecule has 1 aromatic carbocycles. The van der Waals surface area contributed by atoms with Crippen LogP contribution in [0.5, 0.6) is 0 Å². The molecule has 0 amide bonds. The number of nitrogens with zero attached hydrogens (tertiary/aromatic N) is 1. The lowest BCUT2D eigenvalue weighted by molar-refractivity contribution is 0.589. The topological polar surface area (TPSA) is 20.7 Å². The minimum absolute atomic E-state index is 0.286. The van der Waals surface area contributed by atoms with E-state index in [9.17, 15) is 8.78 Å². The zero-order chi connectivity index (χ0) is 14.1. The van der Waals surface area contributed by atoms with Crippen LogP contribution in [0.15, 0.2) is 23.8 Å². The first-order chi connectivity index (χ1) is 9.65. The molecule has 1 aliphatic rings. The summed E-state index contributed by atoms with van der Waals surface area (Å²) in [7, 11) is 0. The van der Waals surface area contributed by atoms with Crippen LogP contribution < -0.4 is 0 Å². The highest BCUT2D eigenvalue weighted by atomic mass is 32.1. The van der Waals surface area contributed by atoms with Gasteiger partial charge in [0.2, 0.25) is 0 Å². The molecule has 0 saturated heterocycles. The molecule has 2 nitrogen and oxygen atoms in total. The number of nitrogens with one attached hydrogen (secondary N) is 1. The van der Waals surface area contributed by atoms with Crippen molar-refractivity contribution >= 4 is 23.3 Å². The van der Waals surface area contributed by atoms with E-state index in [2.05, 4.69) is 11.1 Å². The van der Waals surface area contributed by atoms with Gasteiger partial charge in [-0.2, -0.15) is 0 Å². The van der Waals surface area contributed by atoms with Gasteiger partial charge >= 0.3 is 0 Å². The quantitative estimate of drug-likeness (QED) is 0.633. The number of hydrogen-bond acceptors (Lipinski definition) is 1. The Morgan fingerprint density at radius 2 is 2.10 bits per heavy atom. The molecule has 1 N–H and O–H groups in total. The van der Waals surface area contributed by atoms with E-state index in [0.29, 0.717) is 16.8 Å². The smallest absolute Gasteiger partial charge is 0.178 e. The van der Waals surface area contributed by atoms with Crippen molar-refractivity contribution in [1.82, 2.24) is 9.55 Å². The minimum atomic E-state index is -0.596. The third kappa shape index (κ3) is 2.54. The second-order valence-electron chi connectivity index (χ2n) is 5.22. The third-order valence-corrected chi connectivity index (χ3v) is 4.17. The van der Waals surface area contributed by atoms with E-state index < -0.39 is 11.6 Å². The largest absolute Gasteiger partial charge is 0.328 e. The molecule has 2 aromatic rings. The fraction of sp³-hybridized carbons (Fsp3) is 0.400. The Kier molecular flexibility index (Phi) is 3.70. The molecule has 106 valence electrons. The number of hydrogen-bond donors (Lipinski definition) is 1. The number of aromatic amines is 1. The number of imidazole rings is 1. The molecule has 5 heteroatoms. The highest BCUT2D eigenvalue weighted by Crippen LogP contribution is 2.23. The lowest BCUT2D eigenvalue weighted by Gasteiger charge is -2.13. The van der Waals surface area contributed by atoms with Gasteiger partial charge in [0.05, 0.1) is 5.52 Å². The van der Waals surface area contributed by atoms with Crippen LogP contribution in [0.2, 0.25) is 0 Å². The Labute approximate surface area is 121 Å². The van der Waals surface area contributed by atoms with Crippen molar-refractivity contribution in [2.75, 3.05) is 0 Å². The van der Waals surface area contributed by atoms with Crippen molar-refractivity contribution in [2.24, 2.45) is 0 Å². The number of allylic oxidation sites excluding steroid dienone is 2. The van der Waals surface area contributed by atoms with Crippen molar-refractivity contribution in [3.05, 3.63) is 40.2 Å². The SMILES string of the molecule is Fc1cc(F)c2[nH]c(=S)n(CCC3=CCCCC3)c2c1. The molecule has 0 radical (unpaired) electrons. The number of halogens is 2. The third-order valence-electron chi connectivity index (χ3n) is 3.84. The van der Waals surface area contributed by atoms with Gasteiger partial charge in [-0.05, 0) is 50.4 Å². The molecule has 0 aliphatic heterocycles. The van der Waals surface area contributed by atoms with Crippen LogP contribution in [-0.4, -0.2) is 9.55 Å². The summed E-state index contributed by atoms with van der Waals surface area (Å²) < 4.78 is 29.3. The zero-order valence-electron chi connectivity index (χ0n) is 11.1. The number of H-pyrrole nitrogens is 1. The number of benzene rings is 1. The first-order valence-electron chi connectivity index (χ1n) is 6.90. The Balaban J connectivity index is 1.93. The van der Waals surface area contributed by atoms with Crippen LogP contribution in [0.1, 0.15) is 32.1 Å². The number of rotatable bonds is 3. The fourth-order valence-electron chi connectivity index (χ4n) is 2.79. The molecule has 0 saturated carbocycles. The van der Waals surface area contributed by atoms with Crippen molar-refractivity contribution in [3.63, 3.8) is 0 Å². The molecule has 0 atom stereocenters. The van der Waals surface area contributed by atoms with Gasteiger partial charge in [0.15, 0.2) is 10.6 Å². The van der Waals surface area contributed by atoms with Crippen LogP contribution in [-0.2, 0) is 6.54 Å². The second-order valence-corrected chi connectivity index (χ2v) is 5.61. The zero-order valence-corrected chi connectivity index (χ0v) is 11.9. The van der Waals surface area contributed by atoms with E-state index in [1.807, 2.05) is 0 Å². The van der Waals surface area contributed by atoms with Crippen LogP contribution in [0.25, 0.3) is 11.0 Å². The maximum atomic E-state index is 13.7. The fourth-order valence-corrected chi connectivity index (χ4v) is 3.08. The summed E-state index contributed by atoms with van der Waals surface area (Å²) >= 11 is 5.22. The Morgan fingerprint density at radius 1 is 1.25 bits per heavy atom. The van der Waals surface area contributed by atoms with E-state index in [1.54, 1.807) is 4.57 Å². The number of aromatic nitrogens is 2. The monoisotopic (exact) mass is 294 g/mol. The van der Waals surface area contributed by atoms with E-state index in [4.69, 9.17) is 12.2 Å². The van der Waals surface area contributed by atoms with Gasteiger partial charge in [0, 0.05) is 12.6 Å². The lowest BCUT2D eigenvalue weighted by atomic mass is 9.97. The van der Waals surface area contributed by atoms with Crippen molar-refractivity contribution < 1.29 is 8.78 Å². The van der Waals surface area contributed by atoms with Gasteiger partial charge in [-0.15, -0.1) is 0 Å². The minimum Gasteiger partial charge on any atom is -0.328 e. The predicted molar refractivity (Wildman–Crippen MR) is 78.2 cm³/mol. The maximum Gasteiger partial charge on any atom is 0.178 e. The van der Waals surface area contributed by atoms with Crippen molar-refractivity contribution in [2.45, 2.75) is 38.6 Å².